The predicted octanol–water partition coefficient (Wildman–Crippen LogP) is 4.30. The fourth-order valence-electron chi connectivity index (χ4n) is 5.30. The van der Waals surface area contributed by atoms with Crippen molar-refractivity contribution in [3.63, 3.8) is 0 Å². The van der Waals surface area contributed by atoms with Gasteiger partial charge in [0.15, 0.2) is 5.13 Å². The molecule has 2 atom stereocenters. The van der Waals surface area contributed by atoms with Crippen molar-refractivity contribution < 1.29 is 19.4 Å². The summed E-state index contributed by atoms with van der Waals surface area (Å²) in [5.74, 6) is -0.168. The number of carbonyl (C=O) groups excluding carboxylic acids is 2. The summed E-state index contributed by atoms with van der Waals surface area (Å²) in [6, 6.07) is 17.7. The molecule has 194 valence electrons. The molecule has 3 heterocycles. The van der Waals surface area contributed by atoms with Gasteiger partial charge in [-0.3, -0.25) is 14.6 Å². The van der Waals surface area contributed by atoms with Gasteiger partial charge in [0.25, 0.3) is 0 Å². The van der Waals surface area contributed by atoms with E-state index in [9.17, 15) is 14.7 Å². The average Bonchev–Trinajstić information content (AvgIpc) is 3.54. The lowest BCUT2D eigenvalue weighted by molar-refractivity contribution is -0.119. The molecule has 5 rings (SSSR count). The first-order valence-corrected chi connectivity index (χ1v) is 13.5. The Kier molecular flexibility index (Phi) is 7.55. The number of aromatic nitrogens is 1. The number of hydrogen-bond donors (Lipinski definition) is 2. The molecule has 37 heavy (non-hydrogen) atoms. The van der Waals surface area contributed by atoms with Crippen LogP contribution in [0.1, 0.15) is 30.4 Å². The number of benzene rings is 2. The Morgan fingerprint density at radius 2 is 1.92 bits per heavy atom. The summed E-state index contributed by atoms with van der Waals surface area (Å²) in [4.78, 5) is 33.9. The number of hydrogen-bond acceptors (Lipinski definition) is 7. The Balaban J connectivity index is 1.14. The van der Waals surface area contributed by atoms with E-state index in [0.29, 0.717) is 31.2 Å². The number of β-amino-alcohol motifs (C(OH)–C–C–N with tert-alkyl or cyclic N) is 1. The van der Waals surface area contributed by atoms with Crippen LogP contribution in [0.3, 0.4) is 0 Å². The number of nitrogens with one attached hydrogen (secondary N) is 1. The van der Waals surface area contributed by atoms with E-state index >= 15 is 0 Å². The van der Waals surface area contributed by atoms with Crippen molar-refractivity contribution in [2.75, 3.05) is 31.5 Å². The SMILES string of the molecule is Cc1ccc(-c2csc(NC(=O)CN3CC[C@@]4(CCCN4C(=O)OCc4ccccc4)[C@@H](O)C3)n2)cc1. The topological polar surface area (TPSA) is 95.0 Å². The zero-order valence-electron chi connectivity index (χ0n) is 20.9. The lowest BCUT2D eigenvalue weighted by Crippen LogP contribution is -2.63. The van der Waals surface area contributed by atoms with Gasteiger partial charge >= 0.3 is 6.09 Å². The number of carbonyl (C=O) groups is 2. The molecule has 0 aliphatic carbocycles. The number of aliphatic hydroxyl groups excluding tert-OH is 1. The van der Waals surface area contributed by atoms with Gasteiger partial charge in [0.2, 0.25) is 5.91 Å². The largest absolute Gasteiger partial charge is 0.445 e. The number of ether oxygens (including phenoxy) is 1. The third-order valence-electron chi connectivity index (χ3n) is 7.33. The predicted molar refractivity (Wildman–Crippen MR) is 143 cm³/mol. The summed E-state index contributed by atoms with van der Waals surface area (Å²) in [7, 11) is 0. The van der Waals surface area contributed by atoms with Crippen LogP contribution in [0.25, 0.3) is 11.3 Å². The molecule has 9 heteroatoms. The number of likely N-dealkylation sites (tertiary alicyclic amines) is 2. The molecule has 2 aliphatic heterocycles. The molecular formula is C28H32N4O4S. The lowest BCUT2D eigenvalue weighted by Gasteiger charge is -2.47. The summed E-state index contributed by atoms with van der Waals surface area (Å²) < 4.78 is 5.58. The number of nitrogens with zero attached hydrogens (tertiary/aromatic N) is 3. The normalized spacial score (nSPS) is 21.8. The molecule has 1 spiro atoms. The fourth-order valence-corrected chi connectivity index (χ4v) is 6.03. The van der Waals surface area contributed by atoms with E-state index < -0.39 is 11.6 Å². The molecule has 0 unspecified atom stereocenters. The van der Waals surface area contributed by atoms with Gasteiger partial charge < -0.3 is 15.2 Å². The van der Waals surface area contributed by atoms with Gasteiger partial charge in [-0.15, -0.1) is 11.3 Å². The van der Waals surface area contributed by atoms with Crippen molar-refractivity contribution in [3.8, 4) is 11.3 Å². The molecule has 2 aliphatic rings. The van der Waals surface area contributed by atoms with Crippen LogP contribution in [0.15, 0.2) is 60.0 Å². The number of amides is 2. The van der Waals surface area contributed by atoms with E-state index in [0.717, 1.165) is 29.7 Å². The first-order valence-electron chi connectivity index (χ1n) is 12.6. The summed E-state index contributed by atoms with van der Waals surface area (Å²) >= 11 is 1.39. The zero-order chi connectivity index (χ0) is 25.8. The van der Waals surface area contributed by atoms with E-state index in [1.807, 2.05) is 71.8 Å². The van der Waals surface area contributed by atoms with Crippen molar-refractivity contribution in [2.45, 2.75) is 44.4 Å². The molecule has 2 N–H and O–H groups in total. The Hall–Kier alpha value is -3.27. The molecule has 2 fully saturated rings. The smallest absolute Gasteiger partial charge is 0.410 e. The highest BCUT2D eigenvalue weighted by Crippen LogP contribution is 2.39. The van der Waals surface area contributed by atoms with E-state index in [1.54, 1.807) is 4.90 Å². The second kappa shape index (κ2) is 11.0. The van der Waals surface area contributed by atoms with Gasteiger partial charge in [-0.05, 0) is 31.7 Å². The Bertz CT molecular complexity index is 1230. The van der Waals surface area contributed by atoms with E-state index in [4.69, 9.17) is 4.74 Å². The quantitative estimate of drug-likeness (QED) is 0.503. The summed E-state index contributed by atoms with van der Waals surface area (Å²) in [6.07, 6.45) is 1.01. The number of aryl methyl sites for hydroxylation is 1. The van der Waals surface area contributed by atoms with Gasteiger partial charge in [-0.25, -0.2) is 9.78 Å². The average molecular weight is 521 g/mol. The third-order valence-corrected chi connectivity index (χ3v) is 8.09. The molecule has 0 saturated carbocycles. The van der Waals surface area contributed by atoms with Crippen molar-refractivity contribution in [1.82, 2.24) is 14.8 Å². The minimum atomic E-state index is -0.756. The number of rotatable bonds is 6. The Morgan fingerprint density at radius 3 is 2.68 bits per heavy atom. The van der Waals surface area contributed by atoms with Gasteiger partial charge in [0.1, 0.15) is 6.61 Å². The van der Waals surface area contributed by atoms with Crippen molar-refractivity contribution >= 4 is 28.5 Å². The second-order valence-electron chi connectivity index (χ2n) is 9.85. The number of piperidine rings is 1. The van der Waals surface area contributed by atoms with Crippen LogP contribution < -0.4 is 5.32 Å². The van der Waals surface area contributed by atoms with E-state index in [1.165, 1.54) is 16.9 Å². The zero-order valence-corrected chi connectivity index (χ0v) is 21.7. The van der Waals surface area contributed by atoms with Crippen molar-refractivity contribution in [3.05, 3.63) is 71.1 Å². The standard InChI is InChI=1S/C28H32N4O4S/c1-20-8-10-22(11-9-20)23-19-37-26(29-23)30-25(34)17-31-15-13-28(24(33)16-31)12-5-14-32(28)27(35)36-18-21-6-3-2-4-7-21/h2-4,6-11,19,24,33H,5,12-18H2,1H3,(H,29,30,34)/t24-,28-/m0/s1. The van der Waals surface area contributed by atoms with Crippen molar-refractivity contribution in [2.24, 2.45) is 0 Å². The highest BCUT2D eigenvalue weighted by Gasteiger charge is 2.52. The second-order valence-corrected chi connectivity index (χ2v) is 10.7. The number of anilines is 1. The van der Waals surface area contributed by atoms with E-state index in [2.05, 4.69) is 10.3 Å². The summed E-state index contributed by atoms with van der Waals surface area (Å²) in [5.41, 5.74) is 3.31. The molecule has 2 saturated heterocycles. The van der Waals surface area contributed by atoms with Gasteiger partial charge in [-0.1, -0.05) is 60.2 Å². The summed E-state index contributed by atoms with van der Waals surface area (Å²) in [6.45, 7) is 3.90. The maximum atomic E-state index is 12.9. The molecule has 8 nitrogen and oxygen atoms in total. The highest BCUT2D eigenvalue weighted by atomic mass is 32.1. The highest BCUT2D eigenvalue weighted by molar-refractivity contribution is 7.14. The third kappa shape index (κ3) is 5.69. The van der Waals surface area contributed by atoms with Crippen LogP contribution in [-0.2, 0) is 16.1 Å². The van der Waals surface area contributed by atoms with Gasteiger partial charge in [0, 0.05) is 30.6 Å². The van der Waals surface area contributed by atoms with Gasteiger partial charge in [0.05, 0.1) is 23.9 Å². The first-order chi connectivity index (χ1) is 17.9. The molecular weight excluding hydrogens is 488 g/mol. The minimum Gasteiger partial charge on any atom is -0.445 e. The van der Waals surface area contributed by atoms with Crippen LogP contribution in [-0.4, -0.2) is 69.7 Å². The molecule has 2 amide bonds. The number of thiazole rings is 1. The first kappa shape index (κ1) is 25.4. The van der Waals surface area contributed by atoms with Crippen LogP contribution in [0, 0.1) is 6.92 Å². The Morgan fingerprint density at radius 1 is 1.14 bits per heavy atom. The monoisotopic (exact) mass is 520 g/mol. The maximum absolute atomic E-state index is 12.9. The van der Waals surface area contributed by atoms with Crippen LogP contribution in [0.2, 0.25) is 0 Å². The lowest BCUT2D eigenvalue weighted by atomic mass is 9.82. The van der Waals surface area contributed by atoms with Crippen LogP contribution in [0.5, 0.6) is 0 Å². The van der Waals surface area contributed by atoms with Crippen molar-refractivity contribution in [1.29, 1.82) is 0 Å². The number of aliphatic hydroxyl groups is 1. The Labute approximate surface area is 220 Å². The molecule has 2 aromatic carbocycles. The van der Waals surface area contributed by atoms with Gasteiger partial charge in [-0.2, -0.15) is 0 Å². The fraction of sp³-hybridized carbons (Fsp3) is 0.393. The van der Waals surface area contributed by atoms with Crippen LogP contribution in [0.4, 0.5) is 9.93 Å². The molecule has 0 radical (unpaired) electrons. The minimum absolute atomic E-state index is 0.158. The summed E-state index contributed by atoms with van der Waals surface area (Å²) in [5, 5.41) is 16.5. The maximum Gasteiger partial charge on any atom is 0.410 e. The molecule has 3 aromatic rings. The molecule has 0 bridgehead atoms. The van der Waals surface area contributed by atoms with Crippen LogP contribution >= 0.6 is 11.3 Å². The molecule has 1 aromatic heterocycles. The van der Waals surface area contributed by atoms with E-state index in [-0.39, 0.29) is 25.2 Å².